The Kier molecular flexibility index (Phi) is 11.3. The van der Waals surface area contributed by atoms with Crippen LogP contribution in [0.2, 0.25) is 0 Å². The number of carbonyl (C=O) groups excluding carboxylic acids is 2. The standard InChI is InChI=1S/C12H17NO4.C11H13NO3/c1-15-10-5-4-8(6-11(10)16-2)9(13)7-12(14)17-3;1-8(13)12-10(11(14)15)7-9-5-3-2-4-6-9/h4-6,9H,7,13H2,1-3H3;2-6,10H,7H2,1H3,(H,12,13)(H,14,15)/t;10-/m.0/s1. The summed E-state index contributed by atoms with van der Waals surface area (Å²) < 4.78 is 14.8. The van der Waals surface area contributed by atoms with Crippen LogP contribution in [-0.2, 0) is 25.5 Å². The summed E-state index contributed by atoms with van der Waals surface area (Å²) >= 11 is 0. The van der Waals surface area contributed by atoms with E-state index in [0.717, 1.165) is 11.1 Å². The summed E-state index contributed by atoms with van der Waals surface area (Å²) in [6.45, 7) is 1.31. The number of rotatable bonds is 9. The Morgan fingerprint density at radius 2 is 1.62 bits per heavy atom. The van der Waals surface area contributed by atoms with Crippen LogP contribution in [0.3, 0.4) is 0 Å². The number of esters is 1. The monoisotopic (exact) mass is 446 g/mol. The van der Waals surface area contributed by atoms with E-state index >= 15 is 0 Å². The zero-order valence-electron chi connectivity index (χ0n) is 18.7. The quantitative estimate of drug-likeness (QED) is 0.498. The van der Waals surface area contributed by atoms with Gasteiger partial charge in [0.05, 0.1) is 27.8 Å². The van der Waals surface area contributed by atoms with Crippen LogP contribution in [0.1, 0.15) is 30.5 Å². The summed E-state index contributed by atoms with van der Waals surface area (Å²) in [5.41, 5.74) is 7.58. The fraction of sp³-hybridized carbons (Fsp3) is 0.348. The third kappa shape index (κ3) is 9.05. The maximum Gasteiger partial charge on any atom is 0.326 e. The van der Waals surface area contributed by atoms with E-state index in [1.807, 2.05) is 30.3 Å². The molecular formula is C23H30N2O7. The number of nitrogens with one attached hydrogen (secondary N) is 1. The highest BCUT2D eigenvalue weighted by Gasteiger charge is 2.18. The molecule has 174 valence electrons. The Balaban J connectivity index is 0.000000323. The van der Waals surface area contributed by atoms with Gasteiger partial charge < -0.3 is 30.4 Å². The number of amides is 1. The SMILES string of the molecule is CC(=O)N[C@@H](Cc1ccccc1)C(=O)O.COC(=O)CC(N)c1ccc(OC)c(OC)c1. The van der Waals surface area contributed by atoms with Gasteiger partial charge in [-0.1, -0.05) is 36.4 Å². The van der Waals surface area contributed by atoms with Crippen LogP contribution in [0.25, 0.3) is 0 Å². The average Bonchev–Trinajstić information content (AvgIpc) is 2.78. The van der Waals surface area contributed by atoms with Crippen molar-refractivity contribution in [3.63, 3.8) is 0 Å². The molecule has 2 aromatic rings. The molecule has 1 amide bonds. The van der Waals surface area contributed by atoms with Gasteiger partial charge in [0.1, 0.15) is 6.04 Å². The van der Waals surface area contributed by atoms with Crippen LogP contribution >= 0.6 is 0 Å². The van der Waals surface area contributed by atoms with Crippen LogP contribution < -0.4 is 20.5 Å². The number of benzene rings is 2. The molecule has 0 aromatic heterocycles. The van der Waals surface area contributed by atoms with Crippen molar-refractivity contribution in [3.8, 4) is 11.5 Å². The predicted molar refractivity (Wildman–Crippen MR) is 118 cm³/mol. The molecule has 0 saturated carbocycles. The Hall–Kier alpha value is -3.59. The largest absolute Gasteiger partial charge is 0.493 e. The van der Waals surface area contributed by atoms with Gasteiger partial charge >= 0.3 is 11.9 Å². The minimum absolute atomic E-state index is 0.131. The van der Waals surface area contributed by atoms with Gasteiger partial charge in [-0.2, -0.15) is 0 Å². The van der Waals surface area contributed by atoms with Gasteiger partial charge in [-0.25, -0.2) is 4.79 Å². The Bertz CT molecular complexity index is 887. The first-order valence-corrected chi connectivity index (χ1v) is 9.79. The fourth-order valence-electron chi connectivity index (χ4n) is 2.76. The second kappa shape index (κ2) is 13.7. The highest BCUT2D eigenvalue weighted by atomic mass is 16.5. The Labute approximate surface area is 187 Å². The van der Waals surface area contributed by atoms with Gasteiger partial charge in [-0.3, -0.25) is 9.59 Å². The number of hydrogen-bond donors (Lipinski definition) is 3. The van der Waals surface area contributed by atoms with Crippen molar-refractivity contribution in [3.05, 3.63) is 59.7 Å². The van der Waals surface area contributed by atoms with Gasteiger partial charge in [0.15, 0.2) is 11.5 Å². The third-order valence-corrected chi connectivity index (χ3v) is 4.41. The lowest BCUT2D eigenvalue weighted by Gasteiger charge is -2.13. The van der Waals surface area contributed by atoms with Gasteiger partial charge in [-0.15, -0.1) is 0 Å². The second-order valence-electron chi connectivity index (χ2n) is 6.78. The molecule has 0 radical (unpaired) electrons. The molecule has 0 fully saturated rings. The first kappa shape index (κ1) is 26.4. The minimum Gasteiger partial charge on any atom is -0.493 e. The summed E-state index contributed by atoms with van der Waals surface area (Å²) in [7, 11) is 4.45. The molecule has 32 heavy (non-hydrogen) atoms. The number of hydrogen-bond acceptors (Lipinski definition) is 7. The molecule has 0 heterocycles. The summed E-state index contributed by atoms with van der Waals surface area (Å²) in [6.07, 6.45) is 0.432. The number of aliphatic carboxylic acids is 1. The number of carbonyl (C=O) groups is 3. The van der Waals surface area contributed by atoms with Crippen LogP contribution in [0.5, 0.6) is 11.5 Å². The number of nitrogens with two attached hydrogens (primary N) is 1. The molecular weight excluding hydrogens is 416 g/mol. The summed E-state index contributed by atoms with van der Waals surface area (Å²) in [5, 5.41) is 11.3. The van der Waals surface area contributed by atoms with Crippen LogP contribution in [0.4, 0.5) is 0 Å². The third-order valence-electron chi connectivity index (χ3n) is 4.41. The molecule has 0 aliphatic carbocycles. The van der Waals surface area contributed by atoms with Gasteiger partial charge in [0.25, 0.3) is 0 Å². The number of methoxy groups -OCH3 is 3. The van der Waals surface area contributed by atoms with Crippen molar-refractivity contribution in [2.45, 2.75) is 31.8 Å². The molecule has 2 atom stereocenters. The maximum atomic E-state index is 11.1. The summed E-state index contributed by atoms with van der Waals surface area (Å²) in [5.74, 6) is -0.480. The predicted octanol–water partition coefficient (Wildman–Crippen LogP) is 2.09. The van der Waals surface area contributed by atoms with E-state index in [0.29, 0.717) is 17.9 Å². The van der Waals surface area contributed by atoms with Crippen LogP contribution in [0.15, 0.2) is 48.5 Å². The number of carboxylic acids is 1. The molecule has 0 bridgehead atoms. The molecule has 4 N–H and O–H groups in total. The fourth-order valence-corrected chi connectivity index (χ4v) is 2.76. The van der Waals surface area contributed by atoms with E-state index < -0.39 is 18.1 Å². The molecule has 1 unspecified atom stereocenters. The average molecular weight is 447 g/mol. The van der Waals surface area contributed by atoms with Crippen molar-refractivity contribution in [2.75, 3.05) is 21.3 Å². The normalized spacial score (nSPS) is 11.8. The Morgan fingerprint density at radius 3 is 2.12 bits per heavy atom. The molecule has 2 aromatic carbocycles. The molecule has 0 spiro atoms. The summed E-state index contributed by atoms with van der Waals surface area (Å²) in [4.78, 5) is 32.7. The molecule has 0 saturated heterocycles. The van der Waals surface area contributed by atoms with E-state index in [4.69, 9.17) is 20.3 Å². The molecule has 2 rings (SSSR count). The number of ether oxygens (including phenoxy) is 3. The van der Waals surface area contributed by atoms with E-state index in [1.54, 1.807) is 32.4 Å². The van der Waals surface area contributed by atoms with E-state index in [1.165, 1.54) is 14.0 Å². The van der Waals surface area contributed by atoms with Crippen molar-refractivity contribution in [1.29, 1.82) is 0 Å². The highest BCUT2D eigenvalue weighted by Crippen LogP contribution is 2.30. The zero-order valence-corrected chi connectivity index (χ0v) is 18.7. The van der Waals surface area contributed by atoms with Crippen molar-refractivity contribution >= 4 is 17.8 Å². The van der Waals surface area contributed by atoms with Gasteiger partial charge in [0.2, 0.25) is 5.91 Å². The minimum atomic E-state index is -1.02. The van der Waals surface area contributed by atoms with E-state index in [-0.39, 0.29) is 18.3 Å². The van der Waals surface area contributed by atoms with Crippen molar-refractivity contribution in [2.24, 2.45) is 5.73 Å². The first-order chi connectivity index (χ1) is 15.2. The molecule has 9 heteroatoms. The maximum absolute atomic E-state index is 11.1. The smallest absolute Gasteiger partial charge is 0.326 e. The molecule has 9 nitrogen and oxygen atoms in total. The van der Waals surface area contributed by atoms with Gasteiger partial charge in [-0.05, 0) is 23.3 Å². The zero-order chi connectivity index (χ0) is 24.1. The topological polar surface area (TPSA) is 137 Å². The molecule has 0 aliphatic rings. The van der Waals surface area contributed by atoms with Gasteiger partial charge in [0, 0.05) is 19.4 Å². The van der Waals surface area contributed by atoms with E-state index in [9.17, 15) is 14.4 Å². The Morgan fingerprint density at radius 1 is 1.00 bits per heavy atom. The van der Waals surface area contributed by atoms with Crippen LogP contribution in [-0.4, -0.2) is 50.3 Å². The van der Waals surface area contributed by atoms with Crippen molar-refractivity contribution in [1.82, 2.24) is 5.32 Å². The first-order valence-electron chi connectivity index (χ1n) is 9.79. The highest BCUT2D eigenvalue weighted by molar-refractivity contribution is 5.82. The summed E-state index contributed by atoms with van der Waals surface area (Å²) in [6, 6.07) is 13.2. The number of carboxylic acid groups (broad SMARTS) is 1. The lowest BCUT2D eigenvalue weighted by atomic mass is 10.0. The van der Waals surface area contributed by atoms with Crippen molar-refractivity contribution < 1.29 is 33.7 Å². The lowest BCUT2D eigenvalue weighted by molar-refractivity contribution is -0.141. The van der Waals surface area contributed by atoms with Crippen LogP contribution in [0, 0.1) is 0 Å². The van der Waals surface area contributed by atoms with E-state index in [2.05, 4.69) is 10.1 Å². The lowest BCUT2D eigenvalue weighted by Crippen LogP contribution is -2.41. The second-order valence-corrected chi connectivity index (χ2v) is 6.78. The molecule has 0 aliphatic heterocycles.